The lowest BCUT2D eigenvalue weighted by molar-refractivity contribution is -0.139. The molecule has 0 aliphatic rings. The number of nitrogens with zero attached hydrogens (tertiary/aromatic N) is 6. The molecule has 0 bridgehead atoms. The van der Waals surface area contributed by atoms with Crippen LogP contribution in [0.2, 0.25) is 0 Å². The molecule has 0 N–H and O–H groups in total. The third-order valence-corrected chi connectivity index (χ3v) is 7.28. The molecule has 4 aromatic rings. The van der Waals surface area contributed by atoms with Gasteiger partial charge in [0.15, 0.2) is 0 Å². The number of benzene rings is 2. The topological polar surface area (TPSA) is 132 Å². The molecular formula is C38H36N6O4. The number of carbonyl (C=O) groups is 2. The molecule has 48 heavy (non-hydrogen) atoms. The molecule has 242 valence electrons. The van der Waals surface area contributed by atoms with E-state index in [1.54, 1.807) is 48.8 Å². The van der Waals surface area contributed by atoms with Gasteiger partial charge in [-0.25, -0.2) is 9.59 Å². The molecule has 10 heteroatoms. The van der Waals surface area contributed by atoms with Gasteiger partial charge in [0.2, 0.25) is 0 Å². The molecule has 0 amide bonds. The van der Waals surface area contributed by atoms with Crippen molar-refractivity contribution >= 4 is 35.5 Å². The van der Waals surface area contributed by atoms with Crippen LogP contribution in [-0.4, -0.2) is 49.1 Å². The van der Waals surface area contributed by atoms with E-state index < -0.39 is 11.9 Å². The monoisotopic (exact) mass is 640 g/mol. The highest BCUT2D eigenvalue weighted by atomic mass is 16.5. The van der Waals surface area contributed by atoms with Crippen LogP contribution in [0.3, 0.4) is 0 Å². The molecule has 10 nitrogen and oxygen atoms in total. The third kappa shape index (κ3) is 11.0. The number of nitriles is 2. The van der Waals surface area contributed by atoms with Gasteiger partial charge in [-0.1, -0.05) is 24.3 Å². The molecule has 0 saturated heterocycles. The van der Waals surface area contributed by atoms with Crippen molar-refractivity contribution in [3.8, 4) is 23.5 Å². The van der Waals surface area contributed by atoms with Crippen LogP contribution in [0, 0.1) is 22.7 Å². The first kappa shape index (κ1) is 34.6. The third-order valence-electron chi connectivity index (χ3n) is 7.28. The van der Waals surface area contributed by atoms with Crippen LogP contribution in [0.15, 0.2) is 97.3 Å². The molecule has 2 aromatic carbocycles. The molecule has 4 rings (SSSR count). The van der Waals surface area contributed by atoms with Crippen LogP contribution in [0.5, 0.6) is 0 Å². The van der Waals surface area contributed by atoms with Gasteiger partial charge < -0.3 is 19.3 Å². The second-order valence-corrected chi connectivity index (χ2v) is 10.8. The fraction of sp³-hybridized carbons (Fsp3) is 0.211. The van der Waals surface area contributed by atoms with Crippen molar-refractivity contribution in [3.05, 3.63) is 120 Å². The average Bonchev–Trinajstić information content (AvgIpc) is 3.13. The number of hydrogen-bond donors (Lipinski definition) is 0. The molecule has 0 radical (unpaired) electrons. The van der Waals surface area contributed by atoms with Crippen LogP contribution in [0.25, 0.3) is 23.5 Å². The number of anilines is 2. The highest BCUT2D eigenvalue weighted by Gasteiger charge is 2.08. The molecular weight excluding hydrogens is 604 g/mol. The van der Waals surface area contributed by atoms with E-state index in [4.69, 9.17) is 20.0 Å². The summed E-state index contributed by atoms with van der Waals surface area (Å²) in [5, 5.41) is 17.5. The van der Waals surface area contributed by atoms with Gasteiger partial charge in [-0.3, -0.25) is 9.97 Å². The maximum absolute atomic E-state index is 12.4. The van der Waals surface area contributed by atoms with Gasteiger partial charge in [0.05, 0.1) is 36.4 Å². The zero-order chi connectivity index (χ0) is 34.1. The average molecular weight is 641 g/mol. The maximum atomic E-state index is 12.4. The lowest BCUT2D eigenvalue weighted by Gasteiger charge is -2.17. The molecule has 0 aliphatic heterocycles. The molecule has 2 heterocycles. The predicted octanol–water partition coefficient (Wildman–Crippen LogP) is 6.36. The number of carbonyl (C=O) groups excluding carboxylic acids is 2. The van der Waals surface area contributed by atoms with Crippen molar-refractivity contribution in [2.45, 2.75) is 26.1 Å². The van der Waals surface area contributed by atoms with Crippen molar-refractivity contribution in [2.75, 3.05) is 37.0 Å². The van der Waals surface area contributed by atoms with Gasteiger partial charge in [0.25, 0.3) is 0 Å². The fourth-order valence-electron chi connectivity index (χ4n) is 4.52. The molecule has 0 atom stereocenters. The summed E-state index contributed by atoms with van der Waals surface area (Å²) in [6, 6.07) is 26.8. The zero-order valence-electron chi connectivity index (χ0n) is 27.0. The Morgan fingerprint density at radius 1 is 0.667 bits per heavy atom. The van der Waals surface area contributed by atoms with Gasteiger partial charge in [-0.2, -0.15) is 10.5 Å². The second-order valence-electron chi connectivity index (χ2n) is 10.8. The van der Waals surface area contributed by atoms with Gasteiger partial charge >= 0.3 is 11.9 Å². The van der Waals surface area contributed by atoms with Gasteiger partial charge in [0, 0.05) is 63.1 Å². The van der Waals surface area contributed by atoms with Crippen molar-refractivity contribution < 1.29 is 19.1 Å². The molecule has 0 saturated carbocycles. The molecule has 2 aromatic heterocycles. The Hall–Kier alpha value is -6.26. The van der Waals surface area contributed by atoms with E-state index in [9.17, 15) is 9.59 Å². The maximum Gasteiger partial charge on any atom is 0.331 e. The van der Waals surface area contributed by atoms with E-state index in [1.807, 2.05) is 72.4 Å². The van der Waals surface area contributed by atoms with Crippen molar-refractivity contribution in [3.63, 3.8) is 0 Å². The summed E-state index contributed by atoms with van der Waals surface area (Å²) in [5.41, 5.74) is 6.36. The molecule has 0 unspecified atom stereocenters. The van der Waals surface area contributed by atoms with Crippen molar-refractivity contribution in [1.82, 2.24) is 9.97 Å². The van der Waals surface area contributed by atoms with E-state index >= 15 is 0 Å². The highest BCUT2D eigenvalue weighted by Crippen LogP contribution is 2.19. The Balaban J connectivity index is 1.26. The molecule has 0 aliphatic carbocycles. The predicted molar refractivity (Wildman–Crippen MR) is 185 cm³/mol. The van der Waals surface area contributed by atoms with E-state index in [0.717, 1.165) is 33.6 Å². The SMILES string of the molecule is CN(CCC#N)c1ccc(/C=C/C(=O)OCc2ccnc(-c3cc(COC(=O)/C=C/c4ccc(N(C)CCC#N)cc4)ccn3)c2)cc1. The summed E-state index contributed by atoms with van der Waals surface area (Å²) in [7, 11) is 3.86. The Kier molecular flexibility index (Phi) is 13.0. The summed E-state index contributed by atoms with van der Waals surface area (Å²) in [4.78, 5) is 37.6. The quantitative estimate of drug-likeness (QED) is 0.107. The Labute approximate surface area is 280 Å². The summed E-state index contributed by atoms with van der Waals surface area (Å²) in [6.45, 7) is 1.41. The number of pyridine rings is 2. The normalized spacial score (nSPS) is 10.8. The minimum absolute atomic E-state index is 0.0611. The molecule has 0 fully saturated rings. The summed E-state index contributed by atoms with van der Waals surface area (Å²) < 4.78 is 10.9. The Morgan fingerprint density at radius 3 is 1.44 bits per heavy atom. The second kappa shape index (κ2) is 18.0. The zero-order valence-corrected chi connectivity index (χ0v) is 27.0. The van der Waals surface area contributed by atoms with Crippen LogP contribution in [0.1, 0.15) is 35.1 Å². The lowest BCUT2D eigenvalue weighted by atomic mass is 10.1. The lowest BCUT2D eigenvalue weighted by Crippen LogP contribution is -2.17. The molecule has 0 spiro atoms. The van der Waals surface area contributed by atoms with Crippen LogP contribution in [0.4, 0.5) is 11.4 Å². The first-order chi connectivity index (χ1) is 23.3. The van der Waals surface area contributed by atoms with Crippen LogP contribution in [-0.2, 0) is 32.3 Å². The highest BCUT2D eigenvalue weighted by molar-refractivity contribution is 5.87. The van der Waals surface area contributed by atoms with Gasteiger partial charge in [-0.05, 0) is 82.9 Å². The number of esters is 2. The van der Waals surface area contributed by atoms with E-state index in [2.05, 4.69) is 22.1 Å². The van der Waals surface area contributed by atoms with E-state index in [-0.39, 0.29) is 13.2 Å². The fourth-order valence-corrected chi connectivity index (χ4v) is 4.52. The minimum Gasteiger partial charge on any atom is -0.458 e. The first-order valence-corrected chi connectivity index (χ1v) is 15.3. The summed E-state index contributed by atoms with van der Waals surface area (Å²) in [5.74, 6) is -0.951. The van der Waals surface area contributed by atoms with Crippen molar-refractivity contribution in [2.24, 2.45) is 0 Å². The van der Waals surface area contributed by atoms with Crippen molar-refractivity contribution in [1.29, 1.82) is 10.5 Å². The standard InChI is InChI=1S/C38H36N6O4/c1-43(23-3-19-39)33-11-5-29(6-12-33)9-15-37(45)47-27-31-17-21-41-35(25-31)36-26-32(18-22-42-36)28-48-38(46)16-10-30-7-13-34(14-8-30)44(2)24-4-20-40/h5-18,21-22,25-26H,3-4,23-24,27-28H2,1-2H3/b15-9+,16-10+. The summed E-state index contributed by atoms with van der Waals surface area (Å²) in [6.07, 6.45) is 10.3. The van der Waals surface area contributed by atoms with E-state index in [0.29, 0.717) is 37.3 Å². The van der Waals surface area contributed by atoms with Gasteiger partial charge in [0.1, 0.15) is 13.2 Å². The minimum atomic E-state index is -0.476. The van der Waals surface area contributed by atoms with Crippen LogP contribution >= 0.6 is 0 Å². The Bertz CT molecular complexity index is 1690. The number of hydrogen-bond acceptors (Lipinski definition) is 10. The Morgan fingerprint density at radius 2 is 1.06 bits per heavy atom. The largest absolute Gasteiger partial charge is 0.458 e. The smallest absolute Gasteiger partial charge is 0.331 e. The number of rotatable bonds is 15. The first-order valence-electron chi connectivity index (χ1n) is 15.3. The van der Waals surface area contributed by atoms with Crippen LogP contribution < -0.4 is 9.80 Å². The number of ether oxygens (including phenoxy) is 2. The summed E-state index contributed by atoms with van der Waals surface area (Å²) >= 11 is 0. The van der Waals surface area contributed by atoms with Gasteiger partial charge in [-0.15, -0.1) is 0 Å². The number of aromatic nitrogens is 2. The van der Waals surface area contributed by atoms with E-state index in [1.165, 1.54) is 12.2 Å².